The van der Waals surface area contributed by atoms with Gasteiger partial charge in [0, 0.05) is 18.4 Å². The van der Waals surface area contributed by atoms with Crippen molar-refractivity contribution in [3.8, 4) is 0 Å². The van der Waals surface area contributed by atoms with Crippen LogP contribution in [-0.2, 0) is 6.54 Å². The third-order valence-corrected chi connectivity index (χ3v) is 1.75. The molecule has 0 aromatic carbocycles. The zero-order valence-electron chi connectivity index (χ0n) is 7.21. The summed E-state index contributed by atoms with van der Waals surface area (Å²) in [6.07, 6.45) is 3.51. The van der Waals surface area contributed by atoms with Gasteiger partial charge in [0.1, 0.15) is 5.82 Å². The summed E-state index contributed by atoms with van der Waals surface area (Å²) in [4.78, 5) is 8.26. The van der Waals surface area contributed by atoms with Crippen LogP contribution in [0.15, 0.2) is 16.9 Å². The Morgan fingerprint density at radius 2 is 2.00 bits per heavy atom. The van der Waals surface area contributed by atoms with Crippen molar-refractivity contribution in [3.63, 3.8) is 0 Å². The van der Waals surface area contributed by atoms with E-state index in [1.807, 2.05) is 0 Å². The molecule has 0 spiro atoms. The SMILES string of the molecule is CC(C)NCc1ncc(Br)cn1. The molecule has 4 heteroatoms. The van der Waals surface area contributed by atoms with Gasteiger partial charge >= 0.3 is 0 Å². The van der Waals surface area contributed by atoms with Crippen molar-refractivity contribution in [1.29, 1.82) is 0 Å². The van der Waals surface area contributed by atoms with Gasteiger partial charge < -0.3 is 5.32 Å². The molecule has 0 aliphatic heterocycles. The van der Waals surface area contributed by atoms with E-state index >= 15 is 0 Å². The molecule has 0 fully saturated rings. The molecule has 66 valence electrons. The molecule has 0 radical (unpaired) electrons. The van der Waals surface area contributed by atoms with Crippen LogP contribution in [0.5, 0.6) is 0 Å². The van der Waals surface area contributed by atoms with E-state index in [0.29, 0.717) is 6.04 Å². The van der Waals surface area contributed by atoms with E-state index in [4.69, 9.17) is 0 Å². The molecule has 1 rings (SSSR count). The molecule has 1 heterocycles. The van der Waals surface area contributed by atoms with Crippen LogP contribution in [0.2, 0.25) is 0 Å². The molecule has 0 atom stereocenters. The van der Waals surface area contributed by atoms with Crippen molar-refractivity contribution in [2.24, 2.45) is 0 Å². The molecule has 1 aromatic heterocycles. The molecule has 0 saturated heterocycles. The average molecular weight is 230 g/mol. The smallest absolute Gasteiger partial charge is 0.142 e. The number of nitrogens with one attached hydrogen (secondary N) is 1. The molecular formula is C8H12BrN3. The Morgan fingerprint density at radius 1 is 1.42 bits per heavy atom. The van der Waals surface area contributed by atoms with Crippen LogP contribution in [-0.4, -0.2) is 16.0 Å². The van der Waals surface area contributed by atoms with E-state index in [2.05, 4.69) is 45.1 Å². The predicted octanol–water partition coefficient (Wildman–Crippen LogP) is 1.74. The van der Waals surface area contributed by atoms with Gasteiger partial charge in [-0.05, 0) is 15.9 Å². The first-order valence-corrected chi connectivity index (χ1v) is 4.67. The van der Waals surface area contributed by atoms with Crippen LogP contribution >= 0.6 is 15.9 Å². The zero-order chi connectivity index (χ0) is 8.97. The summed E-state index contributed by atoms with van der Waals surface area (Å²) in [7, 11) is 0. The molecule has 0 aliphatic carbocycles. The normalized spacial score (nSPS) is 10.7. The minimum absolute atomic E-state index is 0.470. The second-order valence-corrected chi connectivity index (χ2v) is 3.77. The summed E-state index contributed by atoms with van der Waals surface area (Å²) in [5.74, 6) is 0.826. The minimum atomic E-state index is 0.470. The summed E-state index contributed by atoms with van der Waals surface area (Å²) in [6, 6.07) is 0.470. The third-order valence-electron chi connectivity index (χ3n) is 1.34. The largest absolute Gasteiger partial charge is 0.308 e. The van der Waals surface area contributed by atoms with Gasteiger partial charge in [0.15, 0.2) is 0 Å². The zero-order valence-corrected chi connectivity index (χ0v) is 8.80. The molecule has 0 unspecified atom stereocenters. The van der Waals surface area contributed by atoms with Gasteiger partial charge in [-0.25, -0.2) is 9.97 Å². The highest BCUT2D eigenvalue weighted by molar-refractivity contribution is 9.10. The van der Waals surface area contributed by atoms with Crippen molar-refractivity contribution in [1.82, 2.24) is 15.3 Å². The van der Waals surface area contributed by atoms with E-state index in [9.17, 15) is 0 Å². The lowest BCUT2D eigenvalue weighted by Gasteiger charge is -2.05. The Balaban J connectivity index is 2.48. The Hall–Kier alpha value is -0.480. The van der Waals surface area contributed by atoms with E-state index in [0.717, 1.165) is 16.8 Å². The molecule has 1 aromatic rings. The molecule has 12 heavy (non-hydrogen) atoms. The first kappa shape index (κ1) is 9.61. The maximum atomic E-state index is 4.13. The number of nitrogens with zero attached hydrogens (tertiary/aromatic N) is 2. The second kappa shape index (κ2) is 4.52. The Bertz CT molecular complexity index is 233. The van der Waals surface area contributed by atoms with Crippen molar-refractivity contribution in [2.45, 2.75) is 26.4 Å². The van der Waals surface area contributed by atoms with E-state index < -0.39 is 0 Å². The van der Waals surface area contributed by atoms with Crippen molar-refractivity contribution < 1.29 is 0 Å². The first-order valence-electron chi connectivity index (χ1n) is 3.88. The maximum Gasteiger partial charge on any atom is 0.142 e. The van der Waals surface area contributed by atoms with Crippen LogP contribution in [0, 0.1) is 0 Å². The van der Waals surface area contributed by atoms with Crippen molar-refractivity contribution >= 4 is 15.9 Å². The molecular weight excluding hydrogens is 218 g/mol. The highest BCUT2D eigenvalue weighted by Crippen LogP contribution is 2.03. The Kier molecular flexibility index (Phi) is 3.62. The predicted molar refractivity (Wildman–Crippen MR) is 51.7 cm³/mol. The van der Waals surface area contributed by atoms with Gasteiger partial charge in [-0.2, -0.15) is 0 Å². The average Bonchev–Trinajstić information content (AvgIpc) is 2.03. The van der Waals surface area contributed by atoms with Crippen LogP contribution in [0.4, 0.5) is 0 Å². The summed E-state index contributed by atoms with van der Waals surface area (Å²) < 4.78 is 0.913. The topological polar surface area (TPSA) is 37.8 Å². The lowest BCUT2D eigenvalue weighted by Crippen LogP contribution is -2.22. The highest BCUT2D eigenvalue weighted by atomic mass is 79.9. The van der Waals surface area contributed by atoms with Gasteiger partial charge in [0.05, 0.1) is 11.0 Å². The van der Waals surface area contributed by atoms with Crippen molar-refractivity contribution in [3.05, 3.63) is 22.7 Å². The fourth-order valence-electron chi connectivity index (χ4n) is 0.726. The minimum Gasteiger partial charge on any atom is -0.308 e. The number of halogens is 1. The van der Waals surface area contributed by atoms with Gasteiger partial charge in [-0.3, -0.25) is 0 Å². The van der Waals surface area contributed by atoms with E-state index in [1.165, 1.54) is 0 Å². The van der Waals surface area contributed by atoms with Gasteiger partial charge in [-0.15, -0.1) is 0 Å². The van der Waals surface area contributed by atoms with Gasteiger partial charge in [0.2, 0.25) is 0 Å². The highest BCUT2D eigenvalue weighted by Gasteiger charge is 1.96. The summed E-state index contributed by atoms with van der Waals surface area (Å²) in [6.45, 7) is 4.92. The summed E-state index contributed by atoms with van der Waals surface area (Å²) >= 11 is 3.28. The fourth-order valence-corrected chi connectivity index (χ4v) is 0.930. The molecule has 0 aliphatic rings. The van der Waals surface area contributed by atoms with E-state index in [-0.39, 0.29) is 0 Å². The monoisotopic (exact) mass is 229 g/mol. The molecule has 0 amide bonds. The number of rotatable bonds is 3. The quantitative estimate of drug-likeness (QED) is 0.859. The maximum absolute atomic E-state index is 4.13. The lowest BCUT2D eigenvalue weighted by molar-refractivity contribution is 0.572. The lowest BCUT2D eigenvalue weighted by atomic mass is 10.4. The van der Waals surface area contributed by atoms with E-state index in [1.54, 1.807) is 12.4 Å². The summed E-state index contributed by atoms with van der Waals surface area (Å²) in [5, 5.41) is 3.24. The fraction of sp³-hybridized carbons (Fsp3) is 0.500. The van der Waals surface area contributed by atoms with Gasteiger partial charge in [0.25, 0.3) is 0 Å². The van der Waals surface area contributed by atoms with Crippen molar-refractivity contribution in [2.75, 3.05) is 0 Å². The standard InChI is InChI=1S/C8H12BrN3/c1-6(2)10-5-8-11-3-7(9)4-12-8/h3-4,6,10H,5H2,1-2H3. The first-order chi connectivity index (χ1) is 5.68. The Labute approximate surface area is 80.7 Å². The molecule has 0 bridgehead atoms. The van der Waals surface area contributed by atoms with Crippen LogP contribution < -0.4 is 5.32 Å². The molecule has 0 saturated carbocycles. The van der Waals surface area contributed by atoms with Crippen LogP contribution in [0.3, 0.4) is 0 Å². The Morgan fingerprint density at radius 3 is 2.50 bits per heavy atom. The van der Waals surface area contributed by atoms with Crippen LogP contribution in [0.25, 0.3) is 0 Å². The molecule has 1 N–H and O–H groups in total. The summed E-state index contributed by atoms with van der Waals surface area (Å²) in [5.41, 5.74) is 0. The van der Waals surface area contributed by atoms with Crippen LogP contribution in [0.1, 0.15) is 19.7 Å². The van der Waals surface area contributed by atoms with Gasteiger partial charge in [-0.1, -0.05) is 13.8 Å². The molecule has 3 nitrogen and oxygen atoms in total. The number of hydrogen-bond acceptors (Lipinski definition) is 3. The number of hydrogen-bond donors (Lipinski definition) is 1. The second-order valence-electron chi connectivity index (χ2n) is 2.85. The third kappa shape index (κ3) is 3.28. The number of aromatic nitrogens is 2.